The number of carbonyl (C=O) groups excluding carboxylic acids is 1. The Hall–Kier alpha value is -3.24. The van der Waals surface area contributed by atoms with Gasteiger partial charge in [-0.2, -0.15) is 0 Å². The predicted octanol–water partition coefficient (Wildman–Crippen LogP) is 5.73. The van der Waals surface area contributed by atoms with E-state index in [0.717, 1.165) is 27.6 Å². The number of halogens is 1. The van der Waals surface area contributed by atoms with E-state index in [0.29, 0.717) is 22.8 Å². The maximum atomic E-state index is 13.8. The molecule has 1 aliphatic heterocycles. The molecule has 1 amide bonds. The molecule has 4 aromatic rings. The Kier molecular flexibility index (Phi) is 6.57. The number of anilines is 1. The third kappa shape index (κ3) is 4.55. The molecule has 0 aromatic heterocycles. The molecule has 0 fully saturated rings. The van der Waals surface area contributed by atoms with Crippen LogP contribution in [0.25, 0.3) is 0 Å². The van der Waals surface area contributed by atoms with E-state index in [-0.39, 0.29) is 5.91 Å². The summed E-state index contributed by atoms with van der Waals surface area (Å²) >= 11 is 12.7. The normalized spacial score (nSPS) is 14.3. The molecule has 0 aliphatic carbocycles. The number of amides is 1. The van der Waals surface area contributed by atoms with E-state index in [1.165, 1.54) is 0 Å². The van der Waals surface area contributed by atoms with Crippen LogP contribution in [0.15, 0.2) is 108 Å². The number of hydrogen-bond acceptors (Lipinski definition) is 3. The number of methoxy groups -OCH3 is 1. The molecule has 0 atom stereocenters. The van der Waals surface area contributed by atoms with Gasteiger partial charge in [0.15, 0.2) is 0 Å². The summed E-state index contributed by atoms with van der Waals surface area (Å²) in [6.45, 7) is 0.399. The molecule has 1 heterocycles. The minimum absolute atomic E-state index is 0.181. The third-order valence-corrected chi connectivity index (χ3v) is 10.1. The lowest BCUT2D eigenvalue weighted by molar-refractivity contribution is -0.112. The van der Waals surface area contributed by atoms with E-state index in [9.17, 15) is 4.79 Å². The maximum absolute atomic E-state index is 13.8. The molecular formula is C28H22ClN2O2PS. The lowest BCUT2D eigenvalue weighted by Gasteiger charge is -2.20. The van der Waals surface area contributed by atoms with Crippen molar-refractivity contribution in [2.24, 2.45) is 4.76 Å². The molecule has 0 unspecified atom stereocenters. The van der Waals surface area contributed by atoms with E-state index in [1.807, 2.05) is 91.0 Å². The zero-order chi connectivity index (χ0) is 24.4. The summed E-state index contributed by atoms with van der Waals surface area (Å²) in [7, 11) is 1.63. The van der Waals surface area contributed by atoms with Crippen molar-refractivity contribution >= 4 is 57.5 Å². The highest BCUT2D eigenvalue weighted by atomic mass is 35.5. The Morgan fingerprint density at radius 2 is 1.49 bits per heavy atom. The van der Waals surface area contributed by atoms with Gasteiger partial charge >= 0.3 is 0 Å². The number of rotatable bonds is 6. The summed E-state index contributed by atoms with van der Waals surface area (Å²) in [5.74, 6) is 0.585. The molecule has 4 aromatic carbocycles. The van der Waals surface area contributed by atoms with Crippen LogP contribution in [-0.4, -0.2) is 18.7 Å². The van der Waals surface area contributed by atoms with E-state index in [2.05, 4.69) is 0 Å². The minimum Gasteiger partial charge on any atom is -0.497 e. The third-order valence-electron chi connectivity index (χ3n) is 5.91. The fraction of sp³-hybridized carbons (Fsp3) is 0.0714. The van der Waals surface area contributed by atoms with Crippen LogP contribution in [0.5, 0.6) is 5.75 Å². The first kappa shape index (κ1) is 23.5. The first-order chi connectivity index (χ1) is 17.0. The van der Waals surface area contributed by atoms with Crippen molar-refractivity contribution in [3.05, 3.63) is 119 Å². The predicted molar refractivity (Wildman–Crippen MR) is 149 cm³/mol. The number of ether oxygens (including phenoxy) is 1. The van der Waals surface area contributed by atoms with Crippen molar-refractivity contribution in [3.8, 4) is 5.75 Å². The number of hydrogen-bond donors (Lipinski definition) is 0. The largest absolute Gasteiger partial charge is 0.497 e. The van der Waals surface area contributed by atoms with Gasteiger partial charge in [0.1, 0.15) is 17.6 Å². The number of carbonyl (C=O) groups is 1. The minimum atomic E-state index is -2.69. The Labute approximate surface area is 214 Å². The van der Waals surface area contributed by atoms with E-state index in [4.69, 9.17) is 32.9 Å². The maximum Gasteiger partial charge on any atom is 0.277 e. The molecule has 0 spiro atoms. The Bertz CT molecular complexity index is 1410. The van der Waals surface area contributed by atoms with Crippen LogP contribution in [0.4, 0.5) is 5.69 Å². The highest BCUT2D eigenvalue weighted by molar-refractivity contribution is 8.21. The van der Waals surface area contributed by atoms with Crippen molar-refractivity contribution in [2.75, 3.05) is 12.0 Å². The molecule has 0 N–H and O–H groups in total. The number of fused-ring (bicyclic) bond motifs is 1. The van der Waals surface area contributed by atoms with Gasteiger partial charge in [0, 0.05) is 21.2 Å². The molecular weight excluding hydrogens is 495 g/mol. The SMILES string of the molecule is COc1ccc(CN2C(=O)/C(=N\P(=S)(c3ccccc3)c3ccccc3)c3cc(Cl)ccc32)cc1. The van der Waals surface area contributed by atoms with Gasteiger partial charge in [-0.15, -0.1) is 0 Å². The molecule has 7 heteroatoms. The summed E-state index contributed by atoms with van der Waals surface area (Å²) < 4.78 is 10.4. The highest BCUT2D eigenvalue weighted by Gasteiger charge is 2.36. The van der Waals surface area contributed by atoms with Crippen LogP contribution in [0.1, 0.15) is 11.1 Å². The first-order valence-electron chi connectivity index (χ1n) is 11.1. The Balaban J connectivity index is 1.64. The van der Waals surface area contributed by atoms with E-state index >= 15 is 0 Å². The van der Waals surface area contributed by atoms with Gasteiger partial charge in [-0.05, 0) is 35.9 Å². The topological polar surface area (TPSA) is 41.9 Å². The second-order valence-corrected chi connectivity index (χ2v) is 12.5. The van der Waals surface area contributed by atoms with Crippen molar-refractivity contribution in [2.45, 2.75) is 6.54 Å². The summed E-state index contributed by atoms with van der Waals surface area (Å²) in [6.07, 6.45) is -2.69. The average Bonchev–Trinajstić information content (AvgIpc) is 3.15. The van der Waals surface area contributed by atoms with Gasteiger partial charge in [0.25, 0.3) is 5.91 Å². The standard InChI is InChI=1S/C28H22ClN2O2PS/c1-33-22-15-12-20(13-16-22)19-31-26-17-14-21(29)18-25(26)27(28(31)32)30-34(35,23-8-4-2-5-9-23)24-10-6-3-7-11-24/h2-18H,19H2,1H3/b30-27-. The molecule has 1 aliphatic rings. The summed E-state index contributed by atoms with van der Waals surface area (Å²) in [5.41, 5.74) is 2.81. The zero-order valence-corrected chi connectivity index (χ0v) is 21.4. The smallest absolute Gasteiger partial charge is 0.277 e. The Morgan fingerprint density at radius 3 is 2.06 bits per heavy atom. The van der Waals surface area contributed by atoms with Gasteiger partial charge in [0.2, 0.25) is 0 Å². The van der Waals surface area contributed by atoms with Crippen molar-refractivity contribution in [3.63, 3.8) is 0 Å². The van der Waals surface area contributed by atoms with Crippen LogP contribution in [0.2, 0.25) is 5.02 Å². The molecule has 0 radical (unpaired) electrons. The second-order valence-electron chi connectivity index (χ2n) is 8.10. The van der Waals surface area contributed by atoms with Crippen LogP contribution in [-0.2, 0) is 23.1 Å². The fourth-order valence-electron chi connectivity index (χ4n) is 4.12. The van der Waals surface area contributed by atoms with Crippen molar-refractivity contribution in [1.82, 2.24) is 0 Å². The summed E-state index contributed by atoms with van der Waals surface area (Å²) in [5, 5.41) is 2.40. The van der Waals surface area contributed by atoms with E-state index in [1.54, 1.807) is 24.1 Å². The number of benzene rings is 4. The highest BCUT2D eigenvalue weighted by Crippen LogP contribution is 2.47. The first-order valence-corrected chi connectivity index (χ1v) is 14.2. The molecule has 5 rings (SSSR count). The van der Waals surface area contributed by atoms with E-state index < -0.39 is 6.19 Å². The van der Waals surface area contributed by atoms with Crippen LogP contribution < -0.4 is 20.2 Å². The molecule has 0 bridgehead atoms. The van der Waals surface area contributed by atoms with Gasteiger partial charge in [-0.3, -0.25) is 4.79 Å². The van der Waals surface area contributed by atoms with Crippen molar-refractivity contribution in [1.29, 1.82) is 0 Å². The zero-order valence-electron chi connectivity index (χ0n) is 19.0. The molecule has 0 saturated heterocycles. The summed E-state index contributed by atoms with van der Waals surface area (Å²) in [4.78, 5) is 15.6. The Morgan fingerprint density at radius 1 is 0.886 bits per heavy atom. The molecule has 4 nitrogen and oxygen atoms in total. The monoisotopic (exact) mass is 516 g/mol. The van der Waals surface area contributed by atoms with Gasteiger partial charge in [0.05, 0.1) is 19.3 Å². The number of nitrogens with zero attached hydrogens (tertiary/aromatic N) is 2. The van der Waals surface area contributed by atoms with Gasteiger partial charge < -0.3 is 9.64 Å². The molecule has 0 saturated carbocycles. The van der Waals surface area contributed by atoms with Crippen LogP contribution in [0, 0.1) is 0 Å². The van der Waals surface area contributed by atoms with Crippen LogP contribution in [0.3, 0.4) is 0 Å². The van der Waals surface area contributed by atoms with Crippen LogP contribution >= 0.6 is 17.8 Å². The summed E-state index contributed by atoms with van der Waals surface area (Å²) in [6, 6.07) is 32.8. The van der Waals surface area contributed by atoms with Crippen molar-refractivity contribution < 1.29 is 9.53 Å². The second kappa shape index (κ2) is 9.79. The quantitative estimate of drug-likeness (QED) is 0.307. The average molecular weight is 517 g/mol. The molecule has 35 heavy (non-hydrogen) atoms. The lowest BCUT2D eigenvalue weighted by atomic mass is 10.1. The van der Waals surface area contributed by atoms with Gasteiger partial charge in [-0.25, -0.2) is 4.76 Å². The molecule has 174 valence electrons. The van der Waals surface area contributed by atoms with Gasteiger partial charge in [-0.1, -0.05) is 96.2 Å². The lowest BCUT2D eigenvalue weighted by Crippen LogP contribution is -2.30. The fourth-order valence-corrected chi connectivity index (χ4v) is 7.42.